The van der Waals surface area contributed by atoms with Crippen molar-refractivity contribution in [2.75, 3.05) is 0 Å². The maximum atomic E-state index is 10.8. The van der Waals surface area contributed by atoms with E-state index in [1.165, 1.54) is 6.20 Å². The highest BCUT2D eigenvalue weighted by atomic mass is 79.9. The van der Waals surface area contributed by atoms with Gasteiger partial charge in [0.15, 0.2) is 0 Å². The summed E-state index contributed by atoms with van der Waals surface area (Å²) in [6.07, 6.45) is 1.37. The van der Waals surface area contributed by atoms with Crippen LogP contribution in [0.4, 0.5) is 0 Å². The number of hydrogen-bond donors (Lipinski definition) is 1. The van der Waals surface area contributed by atoms with Gasteiger partial charge in [0.25, 0.3) is 0 Å². The average molecular weight is 266 g/mol. The number of halogens is 1. The van der Waals surface area contributed by atoms with Crippen molar-refractivity contribution >= 4 is 32.8 Å². The zero-order valence-corrected chi connectivity index (χ0v) is 9.58. The first-order valence-corrected chi connectivity index (χ1v) is 5.17. The summed E-state index contributed by atoms with van der Waals surface area (Å²) in [6, 6.07) is 5.41. The van der Waals surface area contributed by atoms with Crippen molar-refractivity contribution in [3.05, 3.63) is 40.0 Å². The van der Waals surface area contributed by atoms with E-state index in [4.69, 9.17) is 5.11 Å². The van der Waals surface area contributed by atoms with Crippen LogP contribution in [-0.4, -0.2) is 16.1 Å². The quantitative estimate of drug-likeness (QED) is 0.863. The van der Waals surface area contributed by atoms with E-state index in [1.54, 1.807) is 6.07 Å². The predicted octanol–water partition coefficient (Wildman–Crippen LogP) is 3.00. The van der Waals surface area contributed by atoms with Crippen molar-refractivity contribution in [2.45, 2.75) is 6.92 Å². The van der Waals surface area contributed by atoms with Crippen molar-refractivity contribution in [1.82, 2.24) is 4.98 Å². The Morgan fingerprint density at radius 1 is 1.47 bits per heavy atom. The van der Waals surface area contributed by atoms with E-state index >= 15 is 0 Å². The molecule has 2 rings (SSSR count). The number of carboxylic acids is 1. The molecule has 0 bridgehead atoms. The van der Waals surface area contributed by atoms with Crippen LogP contribution in [0.25, 0.3) is 10.9 Å². The van der Waals surface area contributed by atoms with E-state index in [0.29, 0.717) is 0 Å². The maximum absolute atomic E-state index is 10.8. The molecule has 0 aliphatic heterocycles. The van der Waals surface area contributed by atoms with Crippen LogP contribution >= 0.6 is 15.9 Å². The van der Waals surface area contributed by atoms with Crippen LogP contribution in [-0.2, 0) is 0 Å². The smallest absolute Gasteiger partial charge is 0.337 e. The fraction of sp³-hybridized carbons (Fsp3) is 0.0909. The van der Waals surface area contributed by atoms with Crippen LogP contribution in [0.5, 0.6) is 0 Å². The predicted molar refractivity (Wildman–Crippen MR) is 61.1 cm³/mol. The summed E-state index contributed by atoms with van der Waals surface area (Å²) in [7, 11) is 0. The summed E-state index contributed by atoms with van der Waals surface area (Å²) in [6.45, 7) is 1.93. The standard InChI is InChI=1S/C11H8BrNO2/c1-6-8-4-7(11(14)15)5-13-10(8)3-2-9(6)12/h2-5H,1H3,(H,14,15). The van der Waals surface area contributed by atoms with Gasteiger partial charge in [-0.3, -0.25) is 4.98 Å². The molecule has 0 aliphatic rings. The van der Waals surface area contributed by atoms with Crippen LogP contribution < -0.4 is 0 Å². The van der Waals surface area contributed by atoms with E-state index in [9.17, 15) is 4.79 Å². The SMILES string of the molecule is Cc1c(Br)ccc2ncc(C(=O)O)cc12. The number of carboxylic acid groups (broad SMARTS) is 1. The zero-order valence-electron chi connectivity index (χ0n) is 7.99. The first-order chi connectivity index (χ1) is 7.09. The molecule has 0 saturated heterocycles. The van der Waals surface area contributed by atoms with Crippen molar-refractivity contribution in [1.29, 1.82) is 0 Å². The van der Waals surface area contributed by atoms with Crippen molar-refractivity contribution in [3.63, 3.8) is 0 Å². The van der Waals surface area contributed by atoms with Crippen LogP contribution in [0.3, 0.4) is 0 Å². The summed E-state index contributed by atoms with van der Waals surface area (Å²) in [5.41, 5.74) is 2.02. The van der Waals surface area contributed by atoms with Crippen LogP contribution in [0.15, 0.2) is 28.9 Å². The molecule has 0 unspecified atom stereocenters. The Bertz CT molecular complexity index is 552. The molecule has 1 aromatic heterocycles. The van der Waals surface area contributed by atoms with Gasteiger partial charge in [-0.1, -0.05) is 15.9 Å². The molecular formula is C11H8BrNO2. The Balaban J connectivity index is 2.79. The Labute approximate surface area is 94.9 Å². The van der Waals surface area contributed by atoms with Gasteiger partial charge < -0.3 is 5.11 Å². The van der Waals surface area contributed by atoms with E-state index in [0.717, 1.165) is 20.9 Å². The summed E-state index contributed by atoms with van der Waals surface area (Å²) in [5, 5.41) is 9.72. The number of benzene rings is 1. The number of nitrogens with zero attached hydrogens (tertiary/aromatic N) is 1. The summed E-state index contributed by atoms with van der Waals surface area (Å²) in [4.78, 5) is 14.9. The van der Waals surface area contributed by atoms with Crippen LogP contribution in [0, 0.1) is 6.92 Å². The molecule has 1 heterocycles. The second-order valence-electron chi connectivity index (χ2n) is 3.27. The number of aromatic nitrogens is 1. The molecule has 2 aromatic rings. The fourth-order valence-corrected chi connectivity index (χ4v) is 1.78. The molecule has 0 radical (unpaired) electrons. The molecule has 3 nitrogen and oxygen atoms in total. The zero-order chi connectivity index (χ0) is 11.0. The molecule has 0 aliphatic carbocycles. The number of fused-ring (bicyclic) bond motifs is 1. The maximum Gasteiger partial charge on any atom is 0.337 e. The molecule has 4 heteroatoms. The van der Waals surface area contributed by atoms with E-state index < -0.39 is 5.97 Å². The lowest BCUT2D eigenvalue weighted by molar-refractivity contribution is 0.0696. The van der Waals surface area contributed by atoms with Gasteiger partial charge in [0, 0.05) is 16.1 Å². The largest absolute Gasteiger partial charge is 0.478 e. The Kier molecular flexibility index (Phi) is 2.44. The van der Waals surface area contributed by atoms with Crippen molar-refractivity contribution < 1.29 is 9.90 Å². The second-order valence-corrected chi connectivity index (χ2v) is 4.12. The molecule has 76 valence electrons. The molecule has 0 amide bonds. The minimum Gasteiger partial charge on any atom is -0.478 e. The first kappa shape index (κ1) is 10.1. The Hall–Kier alpha value is -1.42. The molecule has 0 atom stereocenters. The lowest BCUT2D eigenvalue weighted by Gasteiger charge is -2.04. The van der Waals surface area contributed by atoms with Gasteiger partial charge >= 0.3 is 5.97 Å². The Morgan fingerprint density at radius 3 is 2.87 bits per heavy atom. The highest BCUT2D eigenvalue weighted by Gasteiger charge is 2.07. The van der Waals surface area contributed by atoms with Crippen molar-refractivity contribution in [2.24, 2.45) is 0 Å². The third-order valence-corrected chi connectivity index (χ3v) is 3.17. The highest BCUT2D eigenvalue weighted by molar-refractivity contribution is 9.10. The average Bonchev–Trinajstić information content (AvgIpc) is 2.23. The molecule has 1 aromatic carbocycles. The third-order valence-electron chi connectivity index (χ3n) is 2.32. The fourth-order valence-electron chi connectivity index (χ4n) is 1.43. The topological polar surface area (TPSA) is 50.2 Å². The minimum atomic E-state index is -0.955. The van der Waals surface area contributed by atoms with E-state index in [2.05, 4.69) is 20.9 Å². The van der Waals surface area contributed by atoms with Gasteiger partial charge in [0.05, 0.1) is 11.1 Å². The van der Waals surface area contributed by atoms with Gasteiger partial charge in [0.2, 0.25) is 0 Å². The number of pyridine rings is 1. The molecule has 0 saturated carbocycles. The van der Waals surface area contributed by atoms with Crippen LogP contribution in [0.1, 0.15) is 15.9 Å². The normalized spacial score (nSPS) is 10.5. The highest BCUT2D eigenvalue weighted by Crippen LogP contribution is 2.24. The molecule has 15 heavy (non-hydrogen) atoms. The summed E-state index contributed by atoms with van der Waals surface area (Å²) in [5.74, 6) is -0.955. The second kappa shape index (κ2) is 3.62. The van der Waals surface area contributed by atoms with Gasteiger partial charge in [-0.2, -0.15) is 0 Å². The lowest BCUT2D eigenvalue weighted by atomic mass is 10.1. The summed E-state index contributed by atoms with van der Waals surface area (Å²) >= 11 is 3.40. The van der Waals surface area contributed by atoms with Gasteiger partial charge in [-0.05, 0) is 30.7 Å². The Morgan fingerprint density at radius 2 is 2.20 bits per heavy atom. The van der Waals surface area contributed by atoms with E-state index in [1.807, 2.05) is 19.1 Å². The molecular weight excluding hydrogens is 258 g/mol. The summed E-state index contributed by atoms with van der Waals surface area (Å²) < 4.78 is 0.958. The first-order valence-electron chi connectivity index (χ1n) is 4.38. The van der Waals surface area contributed by atoms with Gasteiger partial charge in [0.1, 0.15) is 0 Å². The number of carbonyl (C=O) groups is 1. The molecule has 0 fully saturated rings. The molecule has 0 spiro atoms. The number of aryl methyl sites for hydroxylation is 1. The van der Waals surface area contributed by atoms with Gasteiger partial charge in [-0.25, -0.2) is 4.79 Å². The van der Waals surface area contributed by atoms with Crippen LogP contribution in [0.2, 0.25) is 0 Å². The monoisotopic (exact) mass is 265 g/mol. The number of rotatable bonds is 1. The van der Waals surface area contributed by atoms with Gasteiger partial charge in [-0.15, -0.1) is 0 Å². The lowest BCUT2D eigenvalue weighted by Crippen LogP contribution is -1.97. The van der Waals surface area contributed by atoms with E-state index in [-0.39, 0.29) is 5.56 Å². The van der Waals surface area contributed by atoms with Crippen molar-refractivity contribution in [3.8, 4) is 0 Å². The number of aromatic carboxylic acids is 1. The third kappa shape index (κ3) is 1.72. The molecule has 1 N–H and O–H groups in total. The minimum absolute atomic E-state index is 0.212. The number of hydrogen-bond acceptors (Lipinski definition) is 2.